The van der Waals surface area contributed by atoms with E-state index in [4.69, 9.17) is 23.7 Å². The molecule has 6 nitrogen and oxygen atoms in total. The number of aliphatic hydroxyl groups is 1. The van der Waals surface area contributed by atoms with Crippen LogP contribution in [0.15, 0.2) is 42.5 Å². The zero-order valence-corrected chi connectivity index (χ0v) is 16.8. The Morgan fingerprint density at radius 3 is 2.56 bits per heavy atom. The standard InChI is InChI=1S/C21H32O6/c1-6-12-21(3,22)19(26-14-23-4)18-17(15(2)20(24-5)27-18)25-13-16-10-8-7-9-11-16/h6-12,15,17-20,22H,13-14H2,1-5H3/b12-6+/t15-,17-,18-,19-,20-,21+/m0/s1. The average molecular weight is 380 g/mol. The predicted molar refractivity (Wildman–Crippen MR) is 102 cm³/mol. The minimum Gasteiger partial charge on any atom is -0.383 e. The summed E-state index contributed by atoms with van der Waals surface area (Å²) in [6.45, 7) is 6.03. The van der Waals surface area contributed by atoms with E-state index in [1.165, 1.54) is 0 Å². The van der Waals surface area contributed by atoms with Gasteiger partial charge in [0.1, 0.15) is 24.6 Å². The minimum atomic E-state index is -1.26. The van der Waals surface area contributed by atoms with E-state index in [-0.39, 0.29) is 18.8 Å². The van der Waals surface area contributed by atoms with Crippen molar-refractivity contribution in [1.82, 2.24) is 0 Å². The second-order valence-electron chi connectivity index (χ2n) is 7.04. The number of allylic oxidation sites excluding steroid dienone is 1. The maximum absolute atomic E-state index is 11.0. The summed E-state index contributed by atoms with van der Waals surface area (Å²) >= 11 is 0. The molecule has 0 bridgehead atoms. The SMILES string of the molecule is C/C=C/[C@@](C)(O)[C@@H](OCOC)[C@H]1O[C@H](OC)[C@@H](C)[C@@H]1OCc1ccccc1. The van der Waals surface area contributed by atoms with Gasteiger partial charge in [-0.15, -0.1) is 0 Å². The summed E-state index contributed by atoms with van der Waals surface area (Å²) < 4.78 is 28.7. The van der Waals surface area contributed by atoms with Crippen LogP contribution in [0.5, 0.6) is 0 Å². The number of hydrogen-bond acceptors (Lipinski definition) is 6. The molecule has 0 aliphatic carbocycles. The van der Waals surface area contributed by atoms with E-state index in [0.717, 1.165) is 5.56 Å². The number of methoxy groups -OCH3 is 2. The minimum absolute atomic E-state index is 0.0289. The van der Waals surface area contributed by atoms with Gasteiger partial charge in [-0.05, 0) is 19.4 Å². The molecule has 6 heteroatoms. The van der Waals surface area contributed by atoms with Crippen molar-refractivity contribution in [3.05, 3.63) is 48.0 Å². The van der Waals surface area contributed by atoms with E-state index in [1.807, 2.05) is 44.2 Å². The third-order valence-electron chi connectivity index (χ3n) is 4.82. The van der Waals surface area contributed by atoms with E-state index in [1.54, 1.807) is 33.3 Å². The third-order valence-corrected chi connectivity index (χ3v) is 4.82. The van der Waals surface area contributed by atoms with Crippen LogP contribution in [0.25, 0.3) is 0 Å². The molecular weight excluding hydrogens is 348 g/mol. The Bertz CT molecular complexity index is 573. The fraction of sp³-hybridized carbons (Fsp3) is 0.619. The molecule has 0 amide bonds. The molecule has 1 N–H and O–H groups in total. The first kappa shape index (κ1) is 22.0. The summed E-state index contributed by atoms with van der Waals surface area (Å²) in [6.07, 6.45) is 1.52. The van der Waals surface area contributed by atoms with Gasteiger partial charge in [0.05, 0.1) is 12.7 Å². The molecule has 1 aromatic rings. The Morgan fingerprint density at radius 2 is 1.96 bits per heavy atom. The van der Waals surface area contributed by atoms with Crippen LogP contribution in [0.2, 0.25) is 0 Å². The maximum atomic E-state index is 11.0. The van der Waals surface area contributed by atoms with Gasteiger partial charge in [0.25, 0.3) is 0 Å². The normalized spacial score (nSPS) is 29.1. The molecule has 0 unspecified atom stereocenters. The number of rotatable bonds is 10. The first-order valence-corrected chi connectivity index (χ1v) is 9.25. The Morgan fingerprint density at radius 1 is 1.26 bits per heavy atom. The summed E-state index contributed by atoms with van der Waals surface area (Å²) in [5.74, 6) is -0.0289. The van der Waals surface area contributed by atoms with Crippen molar-refractivity contribution in [2.45, 2.75) is 57.6 Å². The fourth-order valence-electron chi connectivity index (χ4n) is 3.51. The highest BCUT2D eigenvalue weighted by atomic mass is 16.7. The number of hydrogen-bond donors (Lipinski definition) is 1. The van der Waals surface area contributed by atoms with E-state index >= 15 is 0 Å². The van der Waals surface area contributed by atoms with Crippen molar-refractivity contribution in [3.8, 4) is 0 Å². The van der Waals surface area contributed by atoms with Crippen molar-refractivity contribution in [3.63, 3.8) is 0 Å². The number of benzene rings is 1. The average Bonchev–Trinajstić information content (AvgIpc) is 2.96. The molecule has 1 saturated heterocycles. The summed E-state index contributed by atoms with van der Waals surface area (Å²) in [6, 6.07) is 9.95. The first-order chi connectivity index (χ1) is 12.9. The second-order valence-corrected chi connectivity index (χ2v) is 7.04. The summed E-state index contributed by atoms with van der Waals surface area (Å²) in [5.41, 5.74) is -0.187. The van der Waals surface area contributed by atoms with E-state index in [2.05, 4.69) is 0 Å². The van der Waals surface area contributed by atoms with Crippen LogP contribution in [0.1, 0.15) is 26.3 Å². The molecule has 1 heterocycles. The lowest BCUT2D eigenvalue weighted by molar-refractivity contribution is -0.214. The van der Waals surface area contributed by atoms with Gasteiger partial charge in [0, 0.05) is 20.1 Å². The largest absolute Gasteiger partial charge is 0.383 e. The maximum Gasteiger partial charge on any atom is 0.162 e. The molecule has 27 heavy (non-hydrogen) atoms. The van der Waals surface area contributed by atoms with Crippen LogP contribution in [-0.2, 0) is 30.3 Å². The van der Waals surface area contributed by atoms with Crippen molar-refractivity contribution >= 4 is 0 Å². The highest BCUT2D eigenvalue weighted by molar-refractivity contribution is 5.14. The molecule has 0 aromatic heterocycles. The molecule has 0 spiro atoms. The quantitative estimate of drug-likeness (QED) is 0.497. The van der Waals surface area contributed by atoms with Gasteiger partial charge in [0.2, 0.25) is 0 Å². The van der Waals surface area contributed by atoms with Crippen molar-refractivity contribution in [2.24, 2.45) is 5.92 Å². The lowest BCUT2D eigenvalue weighted by Gasteiger charge is -2.36. The molecule has 152 valence electrons. The van der Waals surface area contributed by atoms with Gasteiger partial charge in [-0.2, -0.15) is 0 Å². The molecule has 0 radical (unpaired) electrons. The fourth-order valence-corrected chi connectivity index (χ4v) is 3.51. The predicted octanol–water partition coefficient (Wildman–Crippen LogP) is 2.90. The third kappa shape index (κ3) is 5.60. The summed E-state index contributed by atoms with van der Waals surface area (Å²) in [7, 11) is 3.15. The monoisotopic (exact) mass is 380 g/mol. The molecule has 1 aliphatic heterocycles. The van der Waals surface area contributed by atoms with Gasteiger partial charge in [-0.1, -0.05) is 49.4 Å². The highest BCUT2D eigenvalue weighted by Gasteiger charge is 2.51. The van der Waals surface area contributed by atoms with Crippen LogP contribution < -0.4 is 0 Å². The van der Waals surface area contributed by atoms with Crippen molar-refractivity contribution < 1.29 is 28.8 Å². The topological polar surface area (TPSA) is 66.4 Å². The number of ether oxygens (including phenoxy) is 5. The van der Waals surface area contributed by atoms with Crippen molar-refractivity contribution in [1.29, 1.82) is 0 Å². The van der Waals surface area contributed by atoms with Gasteiger partial charge in [0.15, 0.2) is 6.29 Å². The van der Waals surface area contributed by atoms with Crippen LogP contribution in [-0.4, -0.2) is 56.3 Å². The smallest absolute Gasteiger partial charge is 0.162 e. The van der Waals surface area contributed by atoms with E-state index in [0.29, 0.717) is 6.61 Å². The molecule has 1 aliphatic rings. The summed E-state index contributed by atoms with van der Waals surface area (Å²) in [4.78, 5) is 0. The van der Waals surface area contributed by atoms with Gasteiger partial charge >= 0.3 is 0 Å². The second kappa shape index (κ2) is 10.3. The van der Waals surface area contributed by atoms with Crippen LogP contribution >= 0.6 is 0 Å². The molecule has 0 saturated carbocycles. The Labute approximate surface area is 162 Å². The zero-order valence-electron chi connectivity index (χ0n) is 16.8. The molecule has 1 aromatic carbocycles. The lowest BCUT2D eigenvalue weighted by Crippen LogP contribution is -2.52. The van der Waals surface area contributed by atoms with Gasteiger partial charge < -0.3 is 28.8 Å². The first-order valence-electron chi connectivity index (χ1n) is 9.25. The van der Waals surface area contributed by atoms with Gasteiger partial charge in [-0.3, -0.25) is 0 Å². The molecule has 2 rings (SSSR count). The summed E-state index contributed by atoms with van der Waals surface area (Å²) in [5, 5.41) is 11.0. The van der Waals surface area contributed by atoms with Crippen LogP contribution in [0.3, 0.4) is 0 Å². The van der Waals surface area contributed by atoms with Crippen LogP contribution in [0.4, 0.5) is 0 Å². The van der Waals surface area contributed by atoms with Gasteiger partial charge in [-0.25, -0.2) is 0 Å². The van der Waals surface area contributed by atoms with E-state index in [9.17, 15) is 5.11 Å². The Hall–Kier alpha value is -1.28. The van der Waals surface area contributed by atoms with Crippen molar-refractivity contribution in [2.75, 3.05) is 21.0 Å². The Kier molecular flexibility index (Phi) is 8.41. The lowest BCUT2D eigenvalue weighted by atomic mass is 9.89. The highest BCUT2D eigenvalue weighted by Crippen LogP contribution is 2.36. The van der Waals surface area contributed by atoms with E-state index < -0.39 is 24.1 Å². The van der Waals surface area contributed by atoms with Crippen LogP contribution in [0, 0.1) is 5.92 Å². The Balaban J connectivity index is 2.23. The zero-order chi connectivity index (χ0) is 19.9. The molecule has 6 atom stereocenters. The molecular formula is C21H32O6. The molecule has 1 fully saturated rings.